The Bertz CT molecular complexity index is 821. The maximum absolute atomic E-state index is 12.0. The second-order valence-electron chi connectivity index (χ2n) is 5.48. The molecular weight excluding hydrogens is 306 g/mol. The fourth-order valence-electron chi connectivity index (χ4n) is 2.21. The smallest absolute Gasteiger partial charge is 0.317 e. The molecule has 0 amide bonds. The quantitative estimate of drug-likeness (QED) is 0.521. The number of aromatic nitrogens is 1. The summed E-state index contributed by atoms with van der Waals surface area (Å²) in [5, 5.41) is 2.83. The van der Waals surface area contributed by atoms with E-state index in [0.717, 1.165) is 21.8 Å². The predicted molar refractivity (Wildman–Crippen MR) is 92.8 cm³/mol. The highest BCUT2D eigenvalue weighted by atomic mass is 32.1. The van der Waals surface area contributed by atoms with Gasteiger partial charge in [-0.25, -0.2) is 4.98 Å². The second kappa shape index (κ2) is 6.75. The molecule has 0 N–H and O–H groups in total. The van der Waals surface area contributed by atoms with E-state index in [-0.39, 0.29) is 12.4 Å². The number of carbonyl (C=O) groups is 1. The van der Waals surface area contributed by atoms with E-state index in [1.807, 2.05) is 42.6 Å². The third-order valence-electron chi connectivity index (χ3n) is 3.40. The highest BCUT2D eigenvalue weighted by Crippen LogP contribution is 2.24. The van der Waals surface area contributed by atoms with Gasteiger partial charge in [-0.15, -0.1) is 11.3 Å². The van der Waals surface area contributed by atoms with Gasteiger partial charge >= 0.3 is 5.97 Å². The van der Waals surface area contributed by atoms with Crippen molar-refractivity contribution in [2.24, 2.45) is 0 Å². The Kier molecular flexibility index (Phi) is 4.53. The van der Waals surface area contributed by atoms with Crippen LogP contribution in [-0.4, -0.2) is 11.0 Å². The van der Waals surface area contributed by atoms with Gasteiger partial charge in [0.1, 0.15) is 10.8 Å². The Morgan fingerprint density at radius 1 is 1.09 bits per heavy atom. The first-order chi connectivity index (χ1) is 11.1. The summed E-state index contributed by atoms with van der Waals surface area (Å²) in [6.45, 7) is 4.02. The van der Waals surface area contributed by atoms with Gasteiger partial charge in [-0.3, -0.25) is 4.79 Å². The van der Waals surface area contributed by atoms with Crippen molar-refractivity contribution in [2.45, 2.75) is 20.3 Å². The highest BCUT2D eigenvalue weighted by molar-refractivity contribution is 7.13. The zero-order valence-electron chi connectivity index (χ0n) is 13.1. The lowest BCUT2D eigenvalue weighted by Gasteiger charge is -2.03. The molecule has 0 atom stereocenters. The van der Waals surface area contributed by atoms with Crippen LogP contribution < -0.4 is 4.74 Å². The summed E-state index contributed by atoms with van der Waals surface area (Å²) in [7, 11) is 0. The summed E-state index contributed by atoms with van der Waals surface area (Å²) in [6, 6.07) is 15.7. The molecular formula is C19H17NO2S. The van der Waals surface area contributed by atoms with E-state index in [0.29, 0.717) is 5.75 Å². The summed E-state index contributed by atoms with van der Waals surface area (Å²) in [5.41, 5.74) is 4.08. The zero-order valence-corrected chi connectivity index (χ0v) is 13.9. The number of rotatable bonds is 4. The SMILES string of the molecule is Cc1ccc(-c2nc(CC(=O)Oc3cccc(C)c3)cs2)cc1. The Labute approximate surface area is 139 Å². The molecule has 0 unspecified atom stereocenters. The molecule has 1 aromatic heterocycles. The van der Waals surface area contributed by atoms with Crippen LogP contribution in [0.4, 0.5) is 0 Å². The summed E-state index contributed by atoms with van der Waals surface area (Å²) < 4.78 is 5.36. The van der Waals surface area contributed by atoms with Crippen LogP contribution in [0, 0.1) is 13.8 Å². The molecule has 0 bridgehead atoms. The average molecular weight is 323 g/mol. The molecule has 116 valence electrons. The number of carbonyl (C=O) groups excluding carboxylic acids is 1. The van der Waals surface area contributed by atoms with Crippen molar-refractivity contribution in [1.82, 2.24) is 4.98 Å². The fraction of sp³-hybridized carbons (Fsp3) is 0.158. The van der Waals surface area contributed by atoms with Crippen LogP contribution in [0.3, 0.4) is 0 Å². The fourth-order valence-corrected chi connectivity index (χ4v) is 3.04. The van der Waals surface area contributed by atoms with Crippen molar-refractivity contribution >= 4 is 17.3 Å². The monoisotopic (exact) mass is 323 g/mol. The maximum Gasteiger partial charge on any atom is 0.317 e. The lowest BCUT2D eigenvalue weighted by molar-refractivity contribution is -0.133. The molecule has 1 heterocycles. The first kappa shape index (κ1) is 15.4. The molecule has 2 aromatic carbocycles. The van der Waals surface area contributed by atoms with Gasteiger partial charge in [-0.1, -0.05) is 42.0 Å². The second-order valence-corrected chi connectivity index (χ2v) is 6.34. The molecule has 0 aliphatic heterocycles. The van der Waals surface area contributed by atoms with E-state index < -0.39 is 0 Å². The van der Waals surface area contributed by atoms with E-state index in [4.69, 9.17) is 4.74 Å². The van der Waals surface area contributed by atoms with Crippen molar-refractivity contribution in [2.75, 3.05) is 0 Å². The normalized spacial score (nSPS) is 10.5. The molecule has 0 aliphatic rings. The van der Waals surface area contributed by atoms with Gasteiger partial charge in [0.25, 0.3) is 0 Å². The van der Waals surface area contributed by atoms with Crippen molar-refractivity contribution in [3.05, 3.63) is 70.7 Å². The van der Waals surface area contributed by atoms with Crippen LogP contribution in [0.1, 0.15) is 16.8 Å². The number of hydrogen-bond acceptors (Lipinski definition) is 4. The molecule has 0 fully saturated rings. The first-order valence-electron chi connectivity index (χ1n) is 7.39. The molecule has 3 nitrogen and oxygen atoms in total. The van der Waals surface area contributed by atoms with Crippen LogP contribution in [0.5, 0.6) is 5.75 Å². The summed E-state index contributed by atoms with van der Waals surface area (Å²) in [5.74, 6) is 0.278. The molecule has 0 radical (unpaired) electrons. The Morgan fingerprint density at radius 3 is 2.61 bits per heavy atom. The number of nitrogens with zero attached hydrogens (tertiary/aromatic N) is 1. The zero-order chi connectivity index (χ0) is 16.2. The highest BCUT2D eigenvalue weighted by Gasteiger charge is 2.11. The van der Waals surface area contributed by atoms with Crippen molar-refractivity contribution in [3.8, 4) is 16.3 Å². The molecule has 4 heteroatoms. The Hall–Kier alpha value is -2.46. The average Bonchev–Trinajstić information content (AvgIpc) is 2.96. The molecule has 0 saturated carbocycles. The van der Waals surface area contributed by atoms with Crippen molar-refractivity contribution in [1.29, 1.82) is 0 Å². The molecule has 3 rings (SSSR count). The van der Waals surface area contributed by atoms with E-state index in [1.165, 1.54) is 5.56 Å². The number of thiazole rings is 1. The number of aryl methyl sites for hydroxylation is 2. The molecule has 0 spiro atoms. The van der Waals surface area contributed by atoms with Gasteiger partial charge in [0.05, 0.1) is 12.1 Å². The van der Waals surface area contributed by atoms with Gasteiger partial charge in [-0.2, -0.15) is 0 Å². The van der Waals surface area contributed by atoms with E-state index in [9.17, 15) is 4.79 Å². The molecule has 23 heavy (non-hydrogen) atoms. The topological polar surface area (TPSA) is 39.2 Å². The third-order valence-corrected chi connectivity index (χ3v) is 4.34. The minimum Gasteiger partial charge on any atom is -0.426 e. The summed E-state index contributed by atoms with van der Waals surface area (Å²) in [6.07, 6.45) is 0.177. The van der Waals surface area contributed by atoms with Crippen LogP contribution in [0.15, 0.2) is 53.9 Å². The van der Waals surface area contributed by atoms with Crippen LogP contribution in [-0.2, 0) is 11.2 Å². The summed E-state index contributed by atoms with van der Waals surface area (Å²) >= 11 is 1.54. The van der Waals surface area contributed by atoms with Crippen LogP contribution in [0.2, 0.25) is 0 Å². The number of esters is 1. The van der Waals surface area contributed by atoms with Crippen molar-refractivity contribution in [3.63, 3.8) is 0 Å². The van der Waals surface area contributed by atoms with Crippen LogP contribution in [0.25, 0.3) is 10.6 Å². The van der Waals surface area contributed by atoms with Gasteiger partial charge in [-0.05, 0) is 31.5 Å². The number of ether oxygens (including phenoxy) is 1. The first-order valence-corrected chi connectivity index (χ1v) is 8.27. The number of hydrogen-bond donors (Lipinski definition) is 0. The largest absolute Gasteiger partial charge is 0.426 e. The molecule has 3 aromatic rings. The Morgan fingerprint density at radius 2 is 1.87 bits per heavy atom. The Balaban J connectivity index is 1.66. The van der Waals surface area contributed by atoms with E-state index in [1.54, 1.807) is 17.4 Å². The van der Waals surface area contributed by atoms with E-state index >= 15 is 0 Å². The minimum atomic E-state index is -0.295. The summed E-state index contributed by atoms with van der Waals surface area (Å²) in [4.78, 5) is 16.6. The maximum atomic E-state index is 12.0. The van der Waals surface area contributed by atoms with Gasteiger partial charge in [0.2, 0.25) is 0 Å². The lowest BCUT2D eigenvalue weighted by Crippen LogP contribution is -2.11. The van der Waals surface area contributed by atoms with Gasteiger partial charge < -0.3 is 4.74 Å². The minimum absolute atomic E-state index is 0.177. The van der Waals surface area contributed by atoms with Gasteiger partial charge in [0.15, 0.2) is 0 Å². The standard InChI is InChI=1S/C19H17NO2S/c1-13-6-8-15(9-7-13)19-20-16(12-23-19)11-18(21)22-17-5-3-4-14(2)10-17/h3-10,12H,11H2,1-2H3. The molecule has 0 saturated heterocycles. The van der Waals surface area contributed by atoms with Crippen molar-refractivity contribution < 1.29 is 9.53 Å². The lowest BCUT2D eigenvalue weighted by atomic mass is 10.2. The van der Waals surface area contributed by atoms with E-state index in [2.05, 4.69) is 24.0 Å². The van der Waals surface area contributed by atoms with Gasteiger partial charge in [0, 0.05) is 10.9 Å². The van der Waals surface area contributed by atoms with Crippen LogP contribution >= 0.6 is 11.3 Å². The predicted octanol–water partition coefficient (Wildman–Crippen LogP) is 4.58. The third kappa shape index (κ3) is 4.05. The molecule has 0 aliphatic carbocycles. The number of benzene rings is 2.